The number of benzene rings is 3. The third-order valence-electron chi connectivity index (χ3n) is 4.04. The number of thioether (sulfide) groups is 1. The first kappa shape index (κ1) is 21.4. The molecule has 0 spiro atoms. The summed E-state index contributed by atoms with van der Waals surface area (Å²) in [6, 6.07) is 17.9. The van der Waals surface area contributed by atoms with Crippen LogP contribution in [0.2, 0.25) is 10.0 Å². The van der Waals surface area contributed by atoms with Crippen molar-refractivity contribution in [3.05, 3.63) is 99.3 Å². The summed E-state index contributed by atoms with van der Waals surface area (Å²) >= 11 is 13.0. The quantitative estimate of drug-likeness (QED) is 0.436. The van der Waals surface area contributed by atoms with Crippen LogP contribution >= 0.6 is 35.0 Å². The van der Waals surface area contributed by atoms with Gasteiger partial charge in [0.1, 0.15) is 5.82 Å². The normalized spacial score (nSPS) is 10.6. The summed E-state index contributed by atoms with van der Waals surface area (Å²) in [4.78, 5) is 25.1. The van der Waals surface area contributed by atoms with Crippen LogP contribution in [0.5, 0.6) is 0 Å². The van der Waals surface area contributed by atoms with E-state index < -0.39 is 5.82 Å². The van der Waals surface area contributed by atoms with Gasteiger partial charge in [0, 0.05) is 26.9 Å². The molecule has 0 saturated heterocycles. The van der Waals surface area contributed by atoms with Gasteiger partial charge in [-0.3, -0.25) is 9.59 Å². The van der Waals surface area contributed by atoms with Crippen molar-refractivity contribution in [2.45, 2.75) is 5.75 Å². The van der Waals surface area contributed by atoms with Gasteiger partial charge in [-0.2, -0.15) is 0 Å². The van der Waals surface area contributed by atoms with Crippen molar-refractivity contribution in [2.24, 2.45) is 0 Å². The molecule has 0 bridgehead atoms. The smallest absolute Gasteiger partial charge is 0.234 e. The molecule has 3 aromatic carbocycles. The average Bonchev–Trinajstić information content (AvgIpc) is 2.71. The van der Waals surface area contributed by atoms with Crippen LogP contribution in [0.3, 0.4) is 0 Å². The highest BCUT2D eigenvalue weighted by Gasteiger charge is 2.16. The van der Waals surface area contributed by atoms with Crippen LogP contribution in [-0.4, -0.2) is 17.4 Å². The van der Waals surface area contributed by atoms with Crippen molar-refractivity contribution >= 4 is 52.3 Å². The monoisotopic (exact) mass is 447 g/mol. The molecule has 0 aromatic heterocycles. The summed E-state index contributed by atoms with van der Waals surface area (Å²) in [7, 11) is 0. The second-order valence-electron chi connectivity index (χ2n) is 6.16. The second-order valence-corrected chi connectivity index (χ2v) is 8.02. The lowest BCUT2D eigenvalue weighted by atomic mass is 10.0. The predicted molar refractivity (Wildman–Crippen MR) is 118 cm³/mol. The molecule has 0 saturated carbocycles. The molecule has 0 aliphatic rings. The van der Waals surface area contributed by atoms with Crippen LogP contribution < -0.4 is 5.32 Å². The lowest BCUT2D eigenvalue weighted by molar-refractivity contribution is -0.113. The molecule has 29 heavy (non-hydrogen) atoms. The molecule has 3 nitrogen and oxygen atoms in total. The maximum atomic E-state index is 13.8. The predicted octanol–water partition coefficient (Wildman–Crippen LogP) is 6.24. The summed E-state index contributed by atoms with van der Waals surface area (Å²) in [6.07, 6.45) is 0. The summed E-state index contributed by atoms with van der Waals surface area (Å²) in [6.45, 7) is 0. The third kappa shape index (κ3) is 5.82. The average molecular weight is 448 g/mol. The molecule has 0 aliphatic heterocycles. The number of hydrogen-bond acceptors (Lipinski definition) is 3. The first-order chi connectivity index (χ1) is 13.9. The van der Waals surface area contributed by atoms with Gasteiger partial charge in [-0.15, -0.1) is 11.8 Å². The fraction of sp³-hybridized carbons (Fsp3) is 0.0909. The highest BCUT2D eigenvalue weighted by atomic mass is 35.5. The zero-order chi connectivity index (χ0) is 20.8. The Labute approximate surface area is 182 Å². The second kappa shape index (κ2) is 9.92. The van der Waals surface area contributed by atoms with E-state index in [0.717, 1.165) is 0 Å². The molecule has 0 unspecified atom stereocenters. The molecule has 1 N–H and O–H groups in total. The molecule has 0 radical (unpaired) electrons. The Morgan fingerprint density at radius 2 is 1.62 bits per heavy atom. The number of amides is 1. The molecule has 148 valence electrons. The minimum Gasteiger partial charge on any atom is -0.325 e. The Kier molecular flexibility index (Phi) is 7.31. The van der Waals surface area contributed by atoms with E-state index in [9.17, 15) is 14.0 Å². The van der Waals surface area contributed by atoms with E-state index >= 15 is 0 Å². The SMILES string of the molecule is O=C(CSCc1ccc(Cl)cc1F)Nc1ccc(Cl)cc1C(=O)c1ccccc1. The van der Waals surface area contributed by atoms with Gasteiger partial charge in [0.05, 0.1) is 11.4 Å². The highest BCUT2D eigenvalue weighted by molar-refractivity contribution is 7.99. The van der Waals surface area contributed by atoms with Crippen molar-refractivity contribution in [2.75, 3.05) is 11.1 Å². The van der Waals surface area contributed by atoms with Crippen LogP contribution in [0.25, 0.3) is 0 Å². The van der Waals surface area contributed by atoms with Gasteiger partial charge in [-0.25, -0.2) is 4.39 Å². The van der Waals surface area contributed by atoms with Gasteiger partial charge in [0.2, 0.25) is 5.91 Å². The fourth-order valence-corrected chi connectivity index (χ4v) is 3.78. The number of halogens is 3. The van der Waals surface area contributed by atoms with Gasteiger partial charge in [-0.05, 0) is 35.9 Å². The standard InChI is InChI=1S/C22H16Cl2FNO2S/c23-16-8-9-20(18(10-16)22(28)14-4-2-1-3-5-14)26-21(27)13-29-12-15-6-7-17(24)11-19(15)25/h1-11H,12-13H2,(H,26,27). The largest absolute Gasteiger partial charge is 0.325 e. The first-order valence-electron chi connectivity index (χ1n) is 8.65. The summed E-state index contributed by atoms with van der Waals surface area (Å²) in [5.41, 5.74) is 1.66. The van der Waals surface area contributed by atoms with Crippen LogP contribution in [-0.2, 0) is 10.5 Å². The van der Waals surface area contributed by atoms with Crippen molar-refractivity contribution in [1.82, 2.24) is 0 Å². The number of hydrogen-bond donors (Lipinski definition) is 1. The molecule has 1 amide bonds. The van der Waals surface area contributed by atoms with Crippen molar-refractivity contribution < 1.29 is 14.0 Å². The van der Waals surface area contributed by atoms with Crippen LogP contribution in [0, 0.1) is 5.82 Å². The van der Waals surface area contributed by atoms with Crippen molar-refractivity contribution in [3.63, 3.8) is 0 Å². The highest BCUT2D eigenvalue weighted by Crippen LogP contribution is 2.25. The van der Waals surface area contributed by atoms with E-state index in [1.807, 2.05) is 6.07 Å². The topological polar surface area (TPSA) is 46.2 Å². The Morgan fingerprint density at radius 1 is 0.931 bits per heavy atom. The maximum Gasteiger partial charge on any atom is 0.234 e. The molecule has 3 rings (SSSR count). The molecular formula is C22H16Cl2FNO2S. The number of nitrogens with one attached hydrogen (secondary N) is 1. The molecule has 0 heterocycles. The van der Waals surface area contributed by atoms with Gasteiger partial charge in [0.15, 0.2) is 5.78 Å². The van der Waals surface area contributed by atoms with E-state index in [1.165, 1.54) is 23.9 Å². The molecule has 0 fully saturated rings. The van der Waals surface area contributed by atoms with Crippen LogP contribution in [0.1, 0.15) is 21.5 Å². The van der Waals surface area contributed by atoms with Crippen LogP contribution in [0.15, 0.2) is 66.7 Å². The summed E-state index contributed by atoms with van der Waals surface area (Å²) < 4.78 is 13.8. The van der Waals surface area contributed by atoms with E-state index in [1.54, 1.807) is 48.5 Å². The molecule has 7 heteroatoms. The Balaban J connectivity index is 1.66. The van der Waals surface area contributed by atoms with Crippen LogP contribution in [0.4, 0.5) is 10.1 Å². The molecule has 0 atom stereocenters. The number of anilines is 1. The lowest BCUT2D eigenvalue weighted by Crippen LogP contribution is -2.17. The Morgan fingerprint density at radius 3 is 2.34 bits per heavy atom. The van der Waals surface area contributed by atoms with Crippen molar-refractivity contribution in [3.8, 4) is 0 Å². The Bertz CT molecular complexity index is 1040. The van der Waals surface area contributed by atoms with Gasteiger partial charge in [-0.1, -0.05) is 59.6 Å². The van der Waals surface area contributed by atoms with Crippen molar-refractivity contribution in [1.29, 1.82) is 0 Å². The van der Waals surface area contributed by atoms with Gasteiger partial charge < -0.3 is 5.32 Å². The molecule has 0 aliphatic carbocycles. The summed E-state index contributed by atoms with van der Waals surface area (Å²) in [5.74, 6) is -0.511. The lowest BCUT2D eigenvalue weighted by Gasteiger charge is -2.11. The zero-order valence-electron chi connectivity index (χ0n) is 15.1. The van der Waals surface area contributed by atoms with Gasteiger partial charge >= 0.3 is 0 Å². The van der Waals surface area contributed by atoms with Gasteiger partial charge in [0.25, 0.3) is 0 Å². The Hall–Kier alpha value is -2.34. The number of ketones is 1. The fourth-order valence-electron chi connectivity index (χ4n) is 2.64. The van der Waals surface area contributed by atoms with E-state index in [2.05, 4.69) is 5.32 Å². The first-order valence-corrected chi connectivity index (χ1v) is 10.6. The maximum absolute atomic E-state index is 13.8. The minimum atomic E-state index is -0.404. The third-order valence-corrected chi connectivity index (χ3v) is 5.49. The molecular weight excluding hydrogens is 432 g/mol. The van der Waals surface area contributed by atoms with E-state index in [0.29, 0.717) is 38.2 Å². The van der Waals surface area contributed by atoms with E-state index in [4.69, 9.17) is 23.2 Å². The number of carbonyl (C=O) groups is 2. The molecule has 3 aromatic rings. The zero-order valence-corrected chi connectivity index (χ0v) is 17.5. The number of rotatable bonds is 7. The minimum absolute atomic E-state index is 0.101. The summed E-state index contributed by atoms with van der Waals surface area (Å²) in [5, 5.41) is 3.47. The van der Waals surface area contributed by atoms with E-state index in [-0.39, 0.29) is 17.4 Å². The number of carbonyl (C=O) groups excluding carboxylic acids is 2.